The first-order valence-electron chi connectivity index (χ1n) is 12.5. The fourth-order valence-electron chi connectivity index (χ4n) is 4.02. The molecule has 1 aliphatic rings. The van der Waals surface area contributed by atoms with Crippen LogP contribution in [-0.2, 0) is 29.7 Å². The van der Waals surface area contributed by atoms with E-state index < -0.39 is 0 Å². The topological polar surface area (TPSA) is 94.5 Å². The van der Waals surface area contributed by atoms with Gasteiger partial charge < -0.3 is 20.3 Å². The van der Waals surface area contributed by atoms with Gasteiger partial charge in [0.15, 0.2) is 0 Å². The van der Waals surface area contributed by atoms with Crippen molar-refractivity contribution in [1.29, 1.82) is 0 Å². The number of fused-ring (bicyclic) bond motifs is 2. The maximum atomic E-state index is 10.7. The first kappa shape index (κ1) is 29.0. The summed E-state index contributed by atoms with van der Waals surface area (Å²) in [6.07, 6.45) is 3.52. The Morgan fingerprint density at radius 1 is 1.08 bits per heavy atom. The smallest absolute Gasteiger partial charge is 0.221 e. The van der Waals surface area contributed by atoms with Crippen molar-refractivity contribution in [2.45, 2.75) is 33.9 Å². The molecule has 4 rings (SSSR count). The Labute approximate surface area is 214 Å². The number of nitrogens with zero attached hydrogens (tertiary/aromatic N) is 4. The highest BCUT2D eigenvalue weighted by Crippen LogP contribution is 2.26. The van der Waals surface area contributed by atoms with Crippen molar-refractivity contribution in [1.82, 2.24) is 30.8 Å². The molecule has 0 radical (unpaired) electrons. The molecule has 2 aromatic carbocycles. The number of benzene rings is 2. The summed E-state index contributed by atoms with van der Waals surface area (Å²) in [5, 5.41) is 13.5. The van der Waals surface area contributed by atoms with Gasteiger partial charge in [0, 0.05) is 50.8 Å². The number of nitrogens with one attached hydrogen (secondary N) is 3. The molecule has 1 aliphatic heterocycles. The van der Waals surface area contributed by atoms with Crippen LogP contribution in [0.2, 0.25) is 0 Å². The number of aldehydes is 1. The number of likely N-dealkylation sites (N-methyl/N-ethyl adjacent to an activating group) is 3. The van der Waals surface area contributed by atoms with Gasteiger partial charge in [-0.3, -0.25) is 14.9 Å². The lowest BCUT2D eigenvalue weighted by atomic mass is 10.1. The zero-order valence-corrected chi connectivity index (χ0v) is 22.3. The zero-order valence-electron chi connectivity index (χ0n) is 22.3. The Kier molecular flexibility index (Phi) is 12.6. The van der Waals surface area contributed by atoms with Crippen LogP contribution in [0.25, 0.3) is 10.9 Å². The number of hydrazine groups is 1. The maximum Gasteiger partial charge on any atom is 0.221 e. The van der Waals surface area contributed by atoms with Crippen LogP contribution in [0, 0.1) is 6.92 Å². The molecule has 2 heterocycles. The highest BCUT2D eigenvalue weighted by molar-refractivity contribution is 5.85. The SMILES string of the molecule is CCN(CC=O)c1cc2c(cnn2C)cc1C.CCNCCNC.O=CNN1Cc2ccccc2C1. The maximum absolute atomic E-state index is 10.7. The van der Waals surface area contributed by atoms with E-state index in [-0.39, 0.29) is 0 Å². The number of hydrogen-bond acceptors (Lipinski definition) is 7. The van der Waals surface area contributed by atoms with E-state index >= 15 is 0 Å². The van der Waals surface area contributed by atoms with E-state index in [1.165, 1.54) is 16.7 Å². The van der Waals surface area contributed by atoms with Crippen LogP contribution in [0.1, 0.15) is 30.5 Å². The van der Waals surface area contributed by atoms with E-state index in [0.29, 0.717) is 13.0 Å². The monoisotopic (exact) mass is 495 g/mol. The molecule has 0 spiro atoms. The molecule has 196 valence electrons. The van der Waals surface area contributed by atoms with Crippen LogP contribution in [0.4, 0.5) is 5.69 Å². The molecule has 3 N–H and O–H groups in total. The van der Waals surface area contributed by atoms with E-state index in [1.807, 2.05) is 42.1 Å². The number of rotatable bonds is 10. The Morgan fingerprint density at radius 2 is 1.78 bits per heavy atom. The Hall–Kier alpha value is -3.27. The normalized spacial score (nSPS) is 12.1. The van der Waals surface area contributed by atoms with Crippen LogP contribution in [0.5, 0.6) is 0 Å². The van der Waals surface area contributed by atoms with Crippen molar-refractivity contribution < 1.29 is 9.59 Å². The number of aryl methyl sites for hydroxylation is 2. The Balaban J connectivity index is 0.000000209. The lowest BCUT2D eigenvalue weighted by molar-refractivity contribution is -0.114. The van der Waals surface area contributed by atoms with Crippen molar-refractivity contribution >= 4 is 29.3 Å². The number of carbonyl (C=O) groups excluding carboxylic acids is 2. The largest absolute Gasteiger partial charge is 0.365 e. The second-order valence-electron chi connectivity index (χ2n) is 8.50. The van der Waals surface area contributed by atoms with E-state index in [9.17, 15) is 9.59 Å². The third kappa shape index (κ3) is 8.44. The third-order valence-electron chi connectivity index (χ3n) is 5.96. The van der Waals surface area contributed by atoms with Crippen LogP contribution in [0.15, 0.2) is 42.6 Å². The van der Waals surface area contributed by atoms with Gasteiger partial charge in [-0.15, -0.1) is 0 Å². The van der Waals surface area contributed by atoms with Gasteiger partial charge in [-0.25, -0.2) is 5.01 Å². The summed E-state index contributed by atoms with van der Waals surface area (Å²) < 4.78 is 1.85. The lowest BCUT2D eigenvalue weighted by Gasteiger charge is -2.22. The first-order chi connectivity index (χ1) is 17.5. The minimum absolute atomic E-state index is 0.431. The summed E-state index contributed by atoms with van der Waals surface area (Å²) in [7, 11) is 3.88. The Bertz CT molecular complexity index is 1050. The molecule has 0 unspecified atom stereocenters. The summed E-state index contributed by atoms with van der Waals surface area (Å²) in [5.41, 5.74) is 8.62. The predicted molar refractivity (Wildman–Crippen MR) is 147 cm³/mol. The number of carbonyl (C=O) groups is 2. The summed E-state index contributed by atoms with van der Waals surface area (Å²) in [5.74, 6) is 0. The van der Waals surface area contributed by atoms with Crippen LogP contribution >= 0.6 is 0 Å². The number of hydrogen-bond donors (Lipinski definition) is 3. The van der Waals surface area contributed by atoms with Crippen molar-refractivity contribution in [2.75, 3.05) is 44.7 Å². The van der Waals surface area contributed by atoms with Gasteiger partial charge in [-0.2, -0.15) is 5.10 Å². The molecule has 0 bridgehead atoms. The second-order valence-corrected chi connectivity index (χ2v) is 8.50. The van der Waals surface area contributed by atoms with Gasteiger partial charge >= 0.3 is 0 Å². The van der Waals surface area contributed by atoms with E-state index in [4.69, 9.17) is 0 Å². The molecule has 0 fully saturated rings. The first-order valence-corrected chi connectivity index (χ1v) is 12.5. The summed E-state index contributed by atoms with van der Waals surface area (Å²) in [4.78, 5) is 22.9. The van der Waals surface area contributed by atoms with Crippen LogP contribution in [-0.4, -0.2) is 67.3 Å². The number of amides is 1. The van der Waals surface area contributed by atoms with Gasteiger partial charge in [0.25, 0.3) is 0 Å². The fourth-order valence-corrected chi connectivity index (χ4v) is 4.02. The van der Waals surface area contributed by atoms with Crippen molar-refractivity contribution in [3.05, 3.63) is 59.3 Å². The molecule has 0 saturated heterocycles. The molecule has 0 aliphatic carbocycles. The predicted octanol–water partition coefficient (Wildman–Crippen LogP) is 2.39. The van der Waals surface area contributed by atoms with E-state index in [0.717, 1.165) is 62.1 Å². The summed E-state index contributed by atoms with van der Waals surface area (Å²) in [6, 6.07) is 12.4. The highest BCUT2D eigenvalue weighted by atomic mass is 16.1. The number of aromatic nitrogens is 2. The standard InChI is InChI=1S/C13H17N3O.C9H10N2O.C5H14N2/c1-4-16(5-6-17)12-8-13-11(7-10(12)2)9-14-15(13)3;12-7-10-11-5-8-3-1-2-4-9(8)6-11;1-3-7-5-4-6-2/h6-9H,4-5H2,1-3H3;1-4,7H,5-6H2,(H,10,12);6-7H,3-5H2,1-2H3. The average molecular weight is 496 g/mol. The van der Waals surface area contributed by atoms with Crippen molar-refractivity contribution in [2.24, 2.45) is 7.05 Å². The van der Waals surface area contributed by atoms with E-state index in [1.54, 1.807) is 0 Å². The molecule has 3 aromatic rings. The molecule has 9 heteroatoms. The molecular formula is C27H41N7O2. The summed E-state index contributed by atoms with van der Waals surface area (Å²) >= 11 is 0. The summed E-state index contributed by atoms with van der Waals surface area (Å²) in [6.45, 7) is 12.3. The van der Waals surface area contributed by atoms with Gasteiger partial charge in [-0.1, -0.05) is 31.2 Å². The van der Waals surface area contributed by atoms with Gasteiger partial charge in [0.05, 0.1) is 18.3 Å². The fraction of sp³-hybridized carbons (Fsp3) is 0.444. The molecule has 1 amide bonds. The van der Waals surface area contributed by atoms with Gasteiger partial charge in [0.1, 0.15) is 6.29 Å². The molecular weight excluding hydrogens is 454 g/mol. The van der Waals surface area contributed by atoms with Crippen LogP contribution < -0.4 is 21.0 Å². The number of anilines is 1. The van der Waals surface area contributed by atoms with Crippen LogP contribution in [0.3, 0.4) is 0 Å². The zero-order chi connectivity index (χ0) is 26.3. The molecule has 0 saturated carbocycles. The van der Waals surface area contributed by atoms with Gasteiger partial charge in [-0.05, 0) is 56.3 Å². The average Bonchev–Trinajstić information content (AvgIpc) is 3.46. The van der Waals surface area contributed by atoms with Crippen molar-refractivity contribution in [3.8, 4) is 0 Å². The third-order valence-corrected chi connectivity index (χ3v) is 5.96. The minimum Gasteiger partial charge on any atom is -0.365 e. The Morgan fingerprint density at radius 3 is 2.33 bits per heavy atom. The lowest BCUT2D eigenvalue weighted by Crippen LogP contribution is -2.31. The molecule has 1 aromatic heterocycles. The second kappa shape index (κ2) is 15.7. The highest BCUT2D eigenvalue weighted by Gasteiger charge is 2.16. The van der Waals surface area contributed by atoms with E-state index in [2.05, 4.69) is 71.1 Å². The van der Waals surface area contributed by atoms with Gasteiger partial charge in [0.2, 0.25) is 6.41 Å². The van der Waals surface area contributed by atoms with Crippen molar-refractivity contribution in [3.63, 3.8) is 0 Å². The molecule has 9 nitrogen and oxygen atoms in total. The minimum atomic E-state index is 0.431. The quantitative estimate of drug-likeness (QED) is 0.294. The molecule has 36 heavy (non-hydrogen) atoms. The molecule has 0 atom stereocenters.